The molecule has 5 atom stereocenters. The third-order valence-electron chi connectivity index (χ3n) is 5.34. The summed E-state index contributed by atoms with van der Waals surface area (Å²) in [5.41, 5.74) is 5.45. The molecule has 0 spiro atoms. The number of aromatic nitrogens is 3. The van der Waals surface area contributed by atoms with E-state index in [-0.39, 0.29) is 24.2 Å². The number of nitrogens with one attached hydrogen (secondary N) is 1. The SMILES string of the molecule is CC(=O)OC[C@H]1O[C@@](C)(c2ccc3c(NC(=O)[C@@H](N)C(C)C)ncnn23)[C@H](O)[C@@H]1O. The van der Waals surface area contributed by atoms with Crippen LogP contribution in [0.25, 0.3) is 5.52 Å². The van der Waals surface area contributed by atoms with Gasteiger partial charge in [-0.05, 0) is 25.0 Å². The lowest BCUT2D eigenvalue weighted by Gasteiger charge is -2.27. The Morgan fingerprint density at radius 2 is 2.10 bits per heavy atom. The van der Waals surface area contributed by atoms with E-state index in [2.05, 4.69) is 15.4 Å². The van der Waals surface area contributed by atoms with Gasteiger partial charge in [0.2, 0.25) is 5.91 Å². The molecule has 0 unspecified atom stereocenters. The minimum absolute atomic E-state index is 0.0539. The van der Waals surface area contributed by atoms with Crippen molar-refractivity contribution in [3.8, 4) is 0 Å². The first-order valence-corrected chi connectivity index (χ1v) is 9.63. The molecule has 0 aromatic carbocycles. The monoisotopic (exact) mass is 421 g/mol. The number of rotatable bonds is 6. The van der Waals surface area contributed by atoms with Crippen LogP contribution >= 0.6 is 0 Å². The first-order valence-electron chi connectivity index (χ1n) is 9.63. The number of hydrogen-bond donors (Lipinski definition) is 4. The Labute approximate surface area is 173 Å². The van der Waals surface area contributed by atoms with Crippen LogP contribution < -0.4 is 11.1 Å². The summed E-state index contributed by atoms with van der Waals surface area (Å²) in [5, 5.41) is 28.0. The summed E-state index contributed by atoms with van der Waals surface area (Å²) < 4.78 is 12.3. The molecule has 0 saturated carbocycles. The van der Waals surface area contributed by atoms with Crippen molar-refractivity contribution in [2.75, 3.05) is 11.9 Å². The largest absolute Gasteiger partial charge is 0.463 e. The molecular formula is C19H27N5O6. The maximum atomic E-state index is 12.3. The van der Waals surface area contributed by atoms with Gasteiger partial charge in [-0.3, -0.25) is 9.59 Å². The molecule has 0 aliphatic carbocycles. The predicted molar refractivity (Wildman–Crippen MR) is 105 cm³/mol. The molecule has 11 heteroatoms. The number of carbonyl (C=O) groups is 2. The van der Waals surface area contributed by atoms with Crippen LogP contribution in [0.15, 0.2) is 18.5 Å². The Kier molecular flexibility index (Phi) is 6.09. The van der Waals surface area contributed by atoms with Crippen molar-refractivity contribution in [2.45, 2.75) is 57.6 Å². The van der Waals surface area contributed by atoms with E-state index in [0.29, 0.717) is 11.2 Å². The van der Waals surface area contributed by atoms with Crippen molar-refractivity contribution in [3.05, 3.63) is 24.2 Å². The molecular weight excluding hydrogens is 394 g/mol. The summed E-state index contributed by atoms with van der Waals surface area (Å²) in [4.78, 5) is 27.5. The maximum Gasteiger partial charge on any atom is 0.302 e. The smallest absolute Gasteiger partial charge is 0.302 e. The maximum absolute atomic E-state index is 12.3. The number of aliphatic hydroxyl groups is 2. The van der Waals surface area contributed by atoms with Gasteiger partial charge in [0.25, 0.3) is 0 Å². The first-order chi connectivity index (χ1) is 14.1. The molecule has 30 heavy (non-hydrogen) atoms. The van der Waals surface area contributed by atoms with E-state index < -0.39 is 35.9 Å². The highest BCUT2D eigenvalue weighted by Crippen LogP contribution is 2.40. The average molecular weight is 421 g/mol. The minimum Gasteiger partial charge on any atom is -0.463 e. The third kappa shape index (κ3) is 3.88. The summed E-state index contributed by atoms with van der Waals surface area (Å²) in [6.07, 6.45) is -2.24. The fourth-order valence-corrected chi connectivity index (χ4v) is 3.44. The molecule has 3 heterocycles. The number of ether oxygens (including phenoxy) is 2. The van der Waals surface area contributed by atoms with Gasteiger partial charge in [-0.2, -0.15) is 5.10 Å². The summed E-state index contributed by atoms with van der Waals surface area (Å²) in [6, 6.07) is 2.62. The zero-order valence-corrected chi connectivity index (χ0v) is 17.3. The van der Waals surface area contributed by atoms with E-state index in [1.807, 2.05) is 13.8 Å². The van der Waals surface area contributed by atoms with Crippen molar-refractivity contribution in [1.29, 1.82) is 0 Å². The minimum atomic E-state index is -1.35. The van der Waals surface area contributed by atoms with Crippen LogP contribution in [0.1, 0.15) is 33.4 Å². The second-order valence-corrected chi connectivity index (χ2v) is 7.88. The van der Waals surface area contributed by atoms with E-state index in [1.165, 1.54) is 17.8 Å². The molecule has 1 amide bonds. The van der Waals surface area contributed by atoms with E-state index in [1.54, 1.807) is 19.1 Å². The zero-order chi connectivity index (χ0) is 22.2. The Bertz CT molecular complexity index is 947. The molecule has 0 radical (unpaired) electrons. The number of fused-ring (bicyclic) bond motifs is 1. The van der Waals surface area contributed by atoms with Crippen molar-refractivity contribution < 1.29 is 29.3 Å². The second kappa shape index (κ2) is 8.26. The van der Waals surface area contributed by atoms with E-state index in [4.69, 9.17) is 15.2 Å². The summed E-state index contributed by atoms with van der Waals surface area (Å²) in [6.45, 7) is 6.33. The van der Waals surface area contributed by atoms with Crippen LogP contribution in [0.4, 0.5) is 5.82 Å². The normalized spacial score (nSPS) is 27.4. The van der Waals surface area contributed by atoms with Gasteiger partial charge in [0.15, 0.2) is 5.82 Å². The van der Waals surface area contributed by atoms with Gasteiger partial charge in [-0.25, -0.2) is 9.50 Å². The highest BCUT2D eigenvalue weighted by Gasteiger charge is 2.53. The molecule has 0 bridgehead atoms. The Balaban J connectivity index is 1.92. The standard InChI is InChI=1S/C19H27N5O6/c1-9(2)14(20)18(28)23-17-11-5-6-13(24(11)22-8-21-17)19(4)16(27)15(26)12(30-19)7-29-10(3)25/h5-6,8-9,12,14-16,26-27H,7,20H2,1-4H3,(H,21,22,23,28)/t12-,14+,15-,16-,19+/m1/s1. The predicted octanol–water partition coefficient (Wildman–Crippen LogP) is -0.450. The molecule has 1 aliphatic heterocycles. The van der Waals surface area contributed by atoms with Crippen LogP contribution in [-0.2, 0) is 24.7 Å². The lowest BCUT2D eigenvalue weighted by molar-refractivity contribution is -0.149. The van der Waals surface area contributed by atoms with Crippen LogP contribution in [0, 0.1) is 5.92 Å². The van der Waals surface area contributed by atoms with Crippen molar-refractivity contribution in [2.24, 2.45) is 11.7 Å². The number of amides is 1. The lowest BCUT2D eigenvalue weighted by Crippen LogP contribution is -2.40. The topological polar surface area (TPSA) is 161 Å². The molecule has 2 aromatic rings. The molecule has 2 aromatic heterocycles. The van der Waals surface area contributed by atoms with E-state index in [9.17, 15) is 19.8 Å². The molecule has 1 aliphatic rings. The van der Waals surface area contributed by atoms with Crippen LogP contribution in [-0.4, -0.2) is 67.6 Å². The number of hydrogen-bond acceptors (Lipinski definition) is 9. The first kappa shape index (κ1) is 22.1. The Hall–Kier alpha value is -2.60. The summed E-state index contributed by atoms with van der Waals surface area (Å²) in [7, 11) is 0. The fourth-order valence-electron chi connectivity index (χ4n) is 3.44. The van der Waals surface area contributed by atoms with Gasteiger partial charge < -0.3 is 30.7 Å². The molecule has 3 rings (SSSR count). The van der Waals surface area contributed by atoms with Gasteiger partial charge >= 0.3 is 5.97 Å². The highest BCUT2D eigenvalue weighted by atomic mass is 16.6. The second-order valence-electron chi connectivity index (χ2n) is 7.88. The van der Waals surface area contributed by atoms with Crippen LogP contribution in [0.3, 0.4) is 0 Å². The molecule has 164 valence electrons. The Morgan fingerprint density at radius 3 is 2.73 bits per heavy atom. The van der Waals surface area contributed by atoms with Crippen molar-refractivity contribution in [3.63, 3.8) is 0 Å². The van der Waals surface area contributed by atoms with Crippen molar-refractivity contribution in [1.82, 2.24) is 14.6 Å². The van der Waals surface area contributed by atoms with Crippen LogP contribution in [0.2, 0.25) is 0 Å². The molecule has 1 saturated heterocycles. The number of aliphatic hydroxyl groups excluding tert-OH is 2. The fraction of sp³-hybridized carbons (Fsp3) is 0.579. The van der Waals surface area contributed by atoms with Gasteiger partial charge in [-0.1, -0.05) is 13.8 Å². The van der Waals surface area contributed by atoms with Crippen LogP contribution in [0.5, 0.6) is 0 Å². The van der Waals surface area contributed by atoms with E-state index in [0.717, 1.165) is 0 Å². The summed E-state index contributed by atoms with van der Waals surface area (Å²) >= 11 is 0. The number of nitrogens with two attached hydrogens (primary N) is 1. The number of nitrogens with zero attached hydrogens (tertiary/aromatic N) is 3. The number of carbonyl (C=O) groups excluding carboxylic acids is 2. The summed E-state index contributed by atoms with van der Waals surface area (Å²) in [5.74, 6) is -0.699. The van der Waals surface area contributed by atoms with Gasteiger partial charge in [0.05, 0.1) is 11.7 Å². The van der Waals surface area contributed by atoms with Crippen molar-refractivity contribution >= 4 is 23.2 Å². The van der Waals surface area contributed by atoms with Gasteiger partial charge in [0.1, 0.15) is 42.4 Å². The number of esters is 1. The zero-order valence-electron chi connectivity index (χ0n) is 17.3. The van der Waals surface area contributed by atoms with Gasteiger partial charge in [0, 0.05) is 6.92 Å². The highest BCUT2D eigenvalue weighted by molar-refractivity contribution is 5.97. The molecule has 5 N–H and O–H groups in total. The Morgan fingerprint density at radius 1 is 1.40 bits per heavy atom. The third-order valence-corrected chi connectivity index (χ3v) is 5.34. The number of anilines is 1. The molecule has 1 fully saturated rings. The average Bonchev–Trinajstić information content (AvgIpc) is 3.22. The van der Waals surface area contributed by atoms with E-state index >= 15 is 0 Å². The van der Waals surface area contributed by atoms with Gasteiger partial charge in [-0.15, -0.1) is 0 Å². The molecule has 11 nitrogen and oxygen atoms in total. The lowest BCUT2D eigenvalue weighted by atomic mass is 9.93. The quantitative estimate of drug-likeness (QED) is 0.453.